The number of carbonyl (C=O) groups is 1. The third kappa shape index (κ3) is 3.13. The van der Waals surface area contributed by atoms with Crippen LogP contribution in [0.15, 0.2) is 24.4 Å². The molecular weight excluding hydrogens is 308 g/mol. The van der Waals surface area contributed by atoms with Gasteiger partial charge in [-0.05, 0) is 31.7 Å². The molecule has 0 bridgehead atoms. The van der Waals surface area contributed by atoms with Crippen molar-refractivity contribution in [2.45, 2.75) is 43.9 Å². The number of amides is 1. The molecular formula is C18H24N2O4. The molecule has 24 heavy (non-hydrogen) atoms. The van der Waals surface area contributed by atoms with Crippen LogP contribution < -0.4 is 4.74 Å². The molecule has 6 nitrogen and oxygen atoms in total. The van der Waals surface area contributed by atoms with E-state index in [4.69, 9.17) is 14.2 Å². The van der Waals surface area contributed by atoms with Gasteiger partial charge in [0.1, 0.15) is 12.2 Å². The minimum Gasteiger partial charge on any atom is -0.471 e. The molecule has 3 heterocycles. The summed E-state index contributed by atoms with van der Waals surface area (Å²) < 4.78 is 17.4. The van der Waals surface area contributed by atoms with E-state index in [-0.39, 0.29) is 30.1 Å². The van der Waals surface area contributed by atoms with Crippen LogP contribution in [-0.2, 0) is 14.3 Å². The molecule has 1 saturated carbocycles. The lowest BCUT2D eigenvalue weighted by Gasteiger charge is -2.41. The van der Waals surface area contributed by atoms with E-state index in [0.29, 0.717) is 32.2 Å². The van der Waals surface area contributed by atoms with E-state index in [2.05, 4.69) is 4.98 Å². The maximum absolute atomic E-state index is 12.9. The number of hydrogen-bond acceptors (Lipinski definition) is 5. The first-order chi connectivity index (χ1) is 11.8. The molecule has 4 rings (SSSR count). The molecule has 3 fully saturated rings. The van der Waals surface area contributed by atoms with Crippen LogP contribution in [-0.4, -0.2) is 60.4 Å². The van der Waals surface area contributed by atoms with Crippen molar-refractivity contribution in [2.24, 2.45) is 5.92 Å². The third-order valence-electron chi connectivity index (χ3n) is 5.30. The largest absolute Gasteiger partial charge is 0.471 e. The van der Waals surface area contributed by atoms with E-state index < -0.39 is 0 Å². The molecule has 1 amide bonds. The van der Waals surface area contributed by atoms with Gasteiger partial charge in [-0.2, -0.15) is 0 Å². The first kappa shape index (κ1) is 15.8. The predicted octanol–water partition coefficient (Wildman–Crippen LogP) is 1.65. The summed E-state index contributed by atoms with van der Waals surface area (Å²) in [5.41, 5.74) is 0. The first-order valence-electron chi connectivity index (χ1n) is 8.90. The zero-order chi connectivity index (χ0) is 16.4. The van der Waals surface area contributed by atoms with Gasteiger partial charge in [-0.1, -0.05) is 6.07 Å². The van der Waals surface area contributed by atoms with E-state index in [1.54, 1.807) is 6.20 Å². The zero-order valence-corrected chi connectivity index (χ0v) is 13.8. The zero-order valence-electron chi connectivity index (χ0n) is 13.8. The molecule has 3 aliphatic rings. The molecule has 2 saturated heterocycles. The Morgan fingerprint density at radius 1 is 1.17 bits per heavy atom. The summed E-state index contributed by atoms with van der Waals surface area (Å²) in [5, 5.41) is 0. The summed E-state index contributed by atoms with van der Waals surface area (Å²) in [5.74, 6) is 1.00. The van der Waals surface area contributed by atoms with Crippen molar-refractivity contribution in [2.75, 3.05) is 26.4 Å². The minimum absolute atomic E-state index is 0.0322. The Morgan fingerprint density at radius 2 is 2.04 bits per heavy atom. The van der Waals surface area contributed by atoms with Crippen molar-refractivity contribution in [1.82, 2.24) is 9.88 Å². The standard InChI is InChI=1S/C18H24N2O4/c21-18(13-6-10-22-11-7-13)20-9-12-23-17-14(20)4-5-15(17)24-16-3-1-2-8-19-16/h1-3,8,13-15,17H,4-7,9-12H2/t14-,15-,17-/m1/s1. The molecule has 1 aromatic rings. The maximum Gasteiger partial charge on any atom is 0.226 e. The molecule has 0 N–H and O–H groups in total. The van der Waals surface area contributed by atoms with Gasteiger partial charge in [-0.15, -0.1) is 0 Å². The number of aromatic nitrogens is 1. The van der Waals surface area contributed by atoms with Gasteiger partial charge in [0.2, 0.25) is 11.8 Å². The number of morpholine rings is 1. The summed E-state index contributed by atoms with van der Waals surface area (Å²) in [6.45, 7) is 2.66. The maximum atomic E-state index is 12.9. The molecule has 0 radical (unpaired) electrons. The van der Waals surface area contributed by atoms with Gasteiger partial charge in [-0.25, -0.2) is 4.98 Å². The Labute approximate surface area is 142 Å². The second kappa shape index (κ2) is 7.07. The lowest BCUT2D eigenvalue weighted by atomic mass is 9.97. The van der Waals surface area contributed by atoms with E-state index in [1.807, 2.05) is 23.1 Å². The fraction of sp³-hybridized carbons (Fsp3) is 0.667. The summed E-state index contributed by atoms with van der Waals surface area (Å²) in [7, 11) is 0. The predicted molar refractivity (Wildman–Crippen MR) is 86.7 cm³/mol. The van der Waals surface area contributed by atoms with Crippen molar-refractivity contribution in [3.63, 3.8) is 0 Å². The molecule has 1 aromatic heterocycles. The molecule has 130 valence electrons. The van der Waals surface area contributed by atoms with Gasteiger partial charge in [0, 0.05) is 37.9 Å². The normalized spacial score (nSPS) is 30.8. The van der Waals surface area contributed by atoms with Crippen LogP contribution >= 0.6 is 0 Å². The van der Waals surface area contributed by atoms with Crippen molar-refractivity contribution >= 4 is 5.91 Å². The molecule has 2 aliphatic heterocycles. The molecule has 1 aliphatic carbocycles. The lowest BCUT2D eigenvalue weighted by Crippen LogP contribution is -2.56. The third-order valence-corrected chi connectivity index (χ3v) is 5.30. The van der Waals surface area contributed by atoms with E-state index in [0.717, 1.165) is 25.7 Å². The van der Waals surface area contributed by atoms with Crippen LogP contribution in [0.5, 0.6) is 5.88 Å². The van der Waals surface area contributed by atoms with Crippen molar-refractivity contribution < 1.29 is 19.0 Å². The summed E-state index contributed by atoms with van der Waals surface area (Å²) in [6, 6.07) is 5.77. The van der Waals surface area contributed by atoms with Crippen molar-refractivity contribution in [3.05, 3.63) is 24.4 Å². The molecule has 0 aromatic carbocycles. The SMILES string of the molecule is O=C(C1CCOCC1)N1CCO[C@@H]2[C@H]1CC[C@H]2Oc1ccccn1. The fourth-order valence-electron chi connectivity index (χ4n) is 4.07. The topological polar surface area (TPSA) is 60.9 Å². The average molecular weight is 332 g/mol. The molecule has 0 spiro atoms. The monoisotopic (exact) mass is 332 g/mol. The Bertz CT molecular complexity index is 561. The highest BCUT2D eigenvalue weighted by atomic mass is 16.5. The summed E-state index contributed by atoms with van der Waals surface area (Å²) in [6.07, 6.45) is 5.13. The highest BCUT2D eigenvalue weighted by molar-refractivity contribution is 5.79. The van der Waals surface area contributed by atoms with Crippen LogP contribution in [0.25, 0.3) is 0 Å². The lowest BCUT2D eigenvalue weighted by molar-refractivity contribution is -0.154. The molecule has 3 atom stereocenters. The van der Waals surface area contributed by atoms with Gasteiger partial charge >= 0.3 is 0 Å². The number of nitrogens with zero attached hydrogens (tertiary/aromatic N) is 2. The fourth-order valence-corrected chi connectivity index (χ4v) is 4.07. The Kier molecular flexibility index (Phi) is 4.67. The quantitative estimate of drug-likeness (QED) is 0.842. The minimum atomic E-state index is -0.0513. The Hall–Kier alpha value is -1.66. The van der Waals surface area contributed by atoms with Gasteiger partial charge in [0.05, 0.1) is 12.6 Å². The van der Waals surface area contributed by atoms with Crippen LogP contribution in [0.2, 0.25) is 0 Å². The van der Waals surface area contributed by atoms with Gasteiger partial charge in [0.25, 0.3) is 0 Å². The number of fused-ring (bicyclic) bond motifs is 1. The van der Waals surface area contributed by atoms with Crippen LogP contribution in [0.4, 0.5) is 0 Å². The Balaban J connectivity index is 1.43. The first-order valence-corrected chi connectivity index (χ1v) is 8.90. The number of pyridine rings is 1. The van der Waals surface area contributed by atoms with E-state index in [1.165, 1.54) is 0 Å². The number of carbonyl (C=O) groups excluding carboxylic acids is 1. The number of hydrogen-bond donors (Lipinski definition) is 0. The van der Waals surface area contributed by atoms with Crippen LogP contribution in [0, 0.1) is 5.92 Å². The van der Waals surface area contributed by atoms with Crippen LogP contribution in [0.3, 0.4) is 0 Å². The second-order valence-corrected chi connectivity index (χ2v) is 6.72. The van der Waals surface area contributed by atoms with Gasteiger partial charge < -0.3 is 19.1 Å². The smallest absolute Gasteiger partial charge is 0.226 e. The van der Waals surface area contributed by atoms with Gasteiger partial charge in [-0.3, -0.25) is 4.79 Å². The number of ether oxygens (including phenoxy) is 3. The Morgan fingerprint density at radius 3 is 2.83 bits per heavy atom. The molecule has 6 heteroatoms. The van der Waals surface area contributed by atoms with Crippen molar-refractivity contribution in [3.8, 4) is 5.88 Å². The molecule has 0 unspecified atom stereocenters. The van der Waals surface area contributed by atoms with E-state index >= 15 is 0 Å². The summed E-state index contributed by atoms with van der Waals surface area (Å²) in [4.78, 5) is 19.2. The second-order valence-electron chi connectivity index (χ2n) is 6.72. The highest BCUT2D eigenvalue weighted by Gasteiger charge is 2.46. The van der Waals surface area contributed by atoms with Crippen molar-refractivity contribution in [1.29, 1.82) is 0 Å². The average Bonchev–Trinajstić information content (AvgIpc) is 3.06. The van der Waals surface area contributed by atoms with Gasteiger partial charge in [0.15, 0.2) is 0 Å². The van der Waals surface area contributed by atoms with Crippen LogP contribution in [0.1, 0.15) is 25.7 Å². The highest BCUT2D eigenvalue weighted by Crippen LogP contribution is 2.34. The summed E-state index contributed by atoms with van der Waals surface area (Å²) >= 11 is 0. The number of rotatable bonds is 3. The van der Waals surface area contributed by atoms with E-state index in [9.17, 15) is 4.79 Å².